The van der Waals surface area contributed by atoms with E-state index in [9.17, 15) is 0 Å². The summed E-state index contributed by atoms with van der Waals surface area (Å²) in [6.07, 6.45) is 9.24. The van der Waals surface area contributed by atoms with Crippen molar-refractivity contribution in [2.24, 2.45) is 0 Å². The zero-order chi connectivity index (χ0) is 22.1. The number of fused-ring (bicyclic) bond motifs is 2. The number of rotatable bonds is 5. The molecule has 0 bridgehead atoms. The zero-order valence-corrected chi connectivity index (χ0v) is 20.1. The van der Waals surface area contributed by atoms with Crippen molar-refractivity contribution in [3.8, 4) is 0 Å². The lowest BCUT2D eigenvalue weighted by Gasteiger charge is -2.40. The average Bonchev–Trinajstić information content (AvgIpc) is 2.83. The van der Waals surface area contributed by atoms with E-state index in [4.69, 9.17) is 4.98 Å². The highest BCUT2D eigenvalue weighted by atomic mass is 15.2. The van der Waals surface area contributed by atoms with Gasteiger partial charge >= 0.3 is 0 Å². The predicted octanol–water partition coefficient (Wildman–Crippen LogP) is 3.64. The molecule has 3 aliphatic rings. The standard InChI is InChI=1S/C27H39N5/c1-30-15-12-23(13-16-30)32(3)25-10-5-8-21-18-29-22(17-24(21)25)19-31(2)26-11-4-7-20-9-6-14-28-27(20)26/h5-6,8-10,14,22-23,26,29H,4,7,11-13,15-19H2,1-3H3/t22-,26?/m1/s1. The first kappa shape index (κ1) is 21.9. The fourth-order valence-electron chi connectivity index (χ4n) is 6.12. The summed E-state index contributed by atoms with van der Waals surface area (Å²) in [4.78, 5) is 12.4. The Bertz CT molecular complexity index is 920. The third-order valence-corrected chi connectivity index (χ3v) is 8.10. The van der Waals surface area contributed by atoms with Crippen molar-refractivity contribution in [2.75, 3.05) is 45.7 Å². The Kier molecular flexibility index (Phi) is 6.49. The van der Waals surface area contributed by atoms with E-state index in [1.54, 1.807) is 5.56 Å². The van der Waals surface area contributed by atoms with E-state index in [1.165, 1.54) is 67.7 Å². The summed E-state index contributed by atoms with van der Waals surface area (Å²) < 4.78 is 0. The van der Waals surface area contributed by atoms with Crippen molar-refractivity contribution in [3.05, 3.63) is 58.9 Å². The van der Waals surface area contributed by atoms with Crippen LogP contribution in [0.15, 0.2) is 36.5 Å². The summed E-state index contributed by atoms with van der Waals surface area (Å²) in [5, 5.41) is 3.83. The van der Waals surface area contributed by atoms with Crippen LogP contribution < -0.4 is 10.2 Å². The van der Waals surface area contributed by atoms with Gasteiger partial charge in [0, 0.05) is 44.1 Å². The largest absolute Gasteiger partial charge is 0.371 e. The van der Waals surface area contributed by atoms with Crippen molar-refractivity contribution >= 4 is 5.69 Å². The topological polar surface area (TPSA) is 34.6 Å². The van der Waals surface area contributed by atoms with Crippen LogP contribution in [0, 0.1) is 0 Å². The molecule has 2 atom stereocenters. The normalized spacial score (nSPS) is 24.2. The van der Waals surface area contributed by atoms with E-state index in [-0.39, 0.29) is 0 Å². The number of benzene rings is 1. The lowest BCUT2D eigenvalue weighted by atomic mass is 9.89. The van der Waals surface area contributed by atoms with E-state index in [0.29, 0.717) is 18.1 Å². The number of aromatic nitrogens is 1. The van der Waals surface area contributed by atoms with E-state index < -0.39 is 0 Å². The Labute approximate surface area is 193 Å². The van der Waals surface area contributed by atoms with Gasteiger partial charge in [0.15, 0.2) is 0 Å². The minimum atomic E-state index is 0.445. The maximum atomic E-state index is 4.77. The lowest BCUT2D eigenvalue weighted by Crippen LogP contribution is -2.46. The lowest BCUT2D eigenvalue weighted by molar-refractivity contribution is 0.191. The molecule has 32 heavy (non-hydrogen) atoms. The number of anilines is 1. The number of pyridine rings is 1. The van der Waals surface area contributed by atoms with Gasteiger partial charge in [-0.05, 0) is 94.5 Å². The summed E-state index contributed by atoms with van der Waals surface area (Å²) >= 11 is 0. The Morgan fingerprint density at radius 3 is 2.72 bits per heavy atom. The van der Waals surface area contributed by atoms with Gasteiger partial charge in [0.2, 0.25) is 0 Å². The van der Waals surface area contributed by atoms with Crippen LogP contribution >= 0.6 is 0 Å². The molecule has 0 spiro atoms. The van der Waals surface area contributed by atoms with Crippen LogP contribution in [0.4, 0.5) is 5.69 Å². The second-order valence-corrected chi connectivity index (χ2v) is 10.2. The van der Waals surface area contributed by atoms with Crippen LogP contribution in [0.3, 0.4) is 0 Å². The summed E-state index contributed by atoms with van der Waals surface area (Å²) in [5.41, 5.74) is 7.25. The Hall–Kier alpha value is -1.95. The van der Waals surface area contributed by atoms with E-state index in [2.05, 4.69) is 71.5 Å². The molecule has 1 aromatic heterocycles. The number of likely N-dealkylation sites (tertiary alicyclic amines) is 1. The maximum absolute atomic E-state index is 4.77. The number of likely N-dealkylation sites (N-methyl/N-ethyl adjacent to an activating group) is 1. The van der Waals surface area contributed by atoms with Gasteiger partial charge in [0.25, 0.3) is 0 Å². The molecular weight excluding hydrogens is 394 g/mol. The number of nitrogens with one attached hydrogen (secondary N) is 1. The van der Waals surface area contributed by atoms with Crippen LogP contribution in [0.2, 0.25) is 0 Å². The molecule has 1 N–H and O–H groups in total. The van der Waals surface area contributed by atoms with Crippen molar-refractivity contribution in [1.29, 1.82) is 0 Å². The Morgan fingerprint density at radius 1 is 1.06 bits per heavy atom. The van der Waals surface area contributed by atoms with Gasteiger partial charge in [-0.2, -0.15) is 0 Å². The molecule has 3 heterocycles. The number of nitrogens with zero attached hydrogens (tertiary/aromatic N) is 4. The molecule has 5 nitrogen and oxygen atoms in total. The van der Waals surface area contributed by atoms with Crippen LogP contribution in [0.25, 0.3) is 0 Å². The Morgan fingerprint density at radius 2 is 1.88 bits per heavy atom. The molecule has 2 aromatic rings. The first-order valence-corrected chi connectivity index (χ1v) is 12.5. The minimum absolute atomic E-state index is 0.445. The van der Waals surface area contributed by atoms with E-state index >= 15 is 0 Å². The monoisotopic (exact) mass is 433 g/mol. The molecule has 0 radical (unpaired) electrons. The molecule has 0 amide bonds. The highest BCUT2D eigenvalue weighted by Crippen LogP contribution is 2.34. The van der Waals surface area contributed by atoms with Crippen LogP contribution in [0.1, 0.15) is 54.1 Å². The van der Waals surface area contributed by atoms with E-state index in [0.717, 1.165) is 19.5 Å². The molecule has 0 saturated carbocycles. The second kappa shape index (κ2) is 9.50. The first-order valence-electron chi connectivity index (χ1n) is 12.5. The highest BCUT2D eigenvalue weighted by molar-refractivity contribution is 5.58. The summed E-state index contributed by atoms with van der Waals surface area (Å²) in [6, 6.07) is 12.8. The van der Waals surface area contributed by atoms with Gasteiger partial charge in [-0.1, -0.05) is 18.2 Å². The van der Waals surface area contributed by atoms with Crippen molar-refractivity contribution < 1.29 is 0 Å². The van der Waals surface area contributed by atoms with Crippen LogP contribution in [-0.4, -0.2) is 67.6 Å². The van der Waals surface area contributed by atoms with Crippen LogP contribution in [-0.2, 0) is 19.4 Å². The van der Waals surface area contributed by atoms with Crippen molar-refractivity contribution in [3.63, 3.8) is 0 Å². The first-order chi connectivity index (χ1) is 15.6. The smallest absolute Gasteiger partial charge is 0.0607 e. The molecule has 1 fully saturated rings. The van der Waals surface area contributed by atoms with Crippen molar-refractivity contribution in [2.45, 2.75) is 63.2 Å². The SMILES string of the molecule is CN1CCC(N(C)c2cccc3c2C[C@H](CN(C)C2CCCc4cccnc42)NC3)CC1. The molecule has 1 aromatic carbocycles. The number of hydrogen-bond acceptors (Lipinski definition) is 5. The summed E-state index contributed by atoms with van der Waals surface area (Å²) in [7, 11) is 6.86. The van der Waals surface area contributed by atoms with Crippen LogP contribution in [0.5, 0.6) is 0 Å². The number of piperidine rings is 1. The number of hydrogen-bond donors (Lipinski definition) is 1. The molecule has 1 aliphatic carbocycles. The molecular formula is C27H39N5. The molecule has 2 aliphatic heterocycles. The third-order valence-electron chi connectivity index (χ3n) is 8.10. The van der Waals surface area contributed by atoms with Gasteiger partial charge in [-0.3, -0.25) is 9.88 Å². The summed E-state index contributed by atoms with van der Waals surface area (Å²) in [6.45, 7) is 4.45. The summed E-state index contributed by atoms with van der Waals surface area (Å²) in [5.74, 6) is 0. The predicted molar refractivity (Wildman–Crippen MR) is 132 cm³/mol. The third kappa shape index (κ3) is 4.43. The highest BCUT2D eigenvalue weighted by Gasteiger charge is 2.30. The minimum Gasteiger partial charge on any atom is -0.371 e. The van der Waals surface area contributed by atoms with Gasteiger partial charge < -0.3 is 15.1 Å². The average molecular weight is 434 g/mol. The Balaban J connectivity index is 1.30. The molecule has 1 saturated heterocycles. The second-order valence-electron chi connectivity index (χ2n) is 10.2. The van der Waals surface area contributed by atoms with Gasteiger partial charge in [-0.25, -0.2) is 0 Å². The fraction of sp³-hybridized carbons (Fsp3) is 0.593. The van der Waals surface area contributed by atoms with Gasteiger partial charge in [0.05, 0.1) is 11.7 Å². The molecule has 172 valence electrons. The quantitative estimate of drug-likeness (QED) is 0.779. The van der Waals surface area contributed by atoms with Gasteiger partial charge in [-0.15, -0.1) is 0 Å². The molecule has 1 unspecified atom stereocenters. The van der Waals surface area contributed by atoms with E-state index in [1.807, 2.05) is 6.20 Å². The molecule has 5 heteroatoms. The fourth-order valence-corrected chi connectivity index (χ4v) is 6.12. The zero-order valence-electron chi connectivity index (χ0n) is 20.1. The molecule has 5 rings (SSSR count). The van der Waals surface area contributed by atoms with Gasteiger partial charge in [0.1, 0.15) is 0 Å². The number of aryl methyl sites for hydroxylation is 1. The maximum Gasteiger partial charge on any atom is 0.0607 e. The van der Waals surface area contributed by atoms with Crippen molar-refractivity contribution in [1.82, 2.24) is 20.1 Å².